The average molecular weight is 435 g/mol. The summed E-state index contributed by atoms with van der Waals surface area (Å²) < 4.78 is 5.44. The number of fused-ring (bicyclic) bond motifs is 4. The lowest BCUT2D eigenvalue weighted by Gasteiger charge is -2.56. The smallest absolute Gasteiger partial charge is 0.222 e. The maximum absolute atomic E-state index is 12.6. The van der Waals surface area contributed by atoms with Crippen LogP contribution >= 0.6 is 0 Å². The molecule has 2 aliphatic rings. The highest BCUT2D eigenvalue weighted by molar-refractivity contribution is 5.89. The number of carbonyl (C=O) groups excluding carboxylic acids is 1. The number of aliphatic hydroxyl groups is 1. The van der Waals surface area contributed by atoms with Crippen LogP contribution in [0.2, 0.25) is 0 Å². The van der Waals surface area contributed by atoms with Crippen LogP contribution in [0.3, 0.4) is 0 Å². The number of methoxy groups -OCH3 is 1. The third-order valence-corrected chi connectivity index (χ3v) is 6.93. The predicted molar refractivity (Wildman–Crippen MR) is 122 cm³/mol. The monoisotopic (exact) mass is 434 g/mol. The number of likely N-dealkylation sites (tertiary alicyclic amines) is 1. The normalized spacial score (nSPS) is 19.7. The molecule has 7 heteroatoms. The maximum Gasteiger partial charge on any atom is 0.222 e. The van der Waals surface area contributed by atoms with Crippen LogP contribution in [0, 0.1) is 0 Å². The molecule has 1 atom stereocenters. The number of pyridine rings is 1. The first-order valence-electron chi connectivity index (χ1n) is 11.3. The lowest BCUT2D eigenvalue weighted by molar-refractivity contribution is -0.141. The van der Waals surface area contributed by atoms with E-state index < -0.39 is 0 Å². The first-order valence-corrected chi connectivity index (χ1v) is 11.3. The molecule has 168 valence electrons. The highest BCUT2D eigenvalue weighted by Crippen LogP contribution is 2.49. The number of amides is 1. The third kappa shape index (κ3) is 3.36. The fourth-order valence-electron chi connectivity index (χ4n) is 5.50. The minimum atomic E-state index is -0.153. The predicted octanol–water partition coefficient (Wildman–Crippen LogP) is 3.00. The van der Waals surface area contributed by atoms with Gasteiger partial charge in [-0.1, -0.05) is 13.0 Å². The van der Waals surface area contributed by atoms with Crippen molar-refractivity contribution >= 4 is 16.8 Å². The number of carbonyl (C=O) groups is 1. The molecule has 0 unspecified atom stereocenters. The topological polar surface area (TPSA) is 81.7 Å². The summed E-state index contributed by atoms with van der Waals surface area (Å²) >= 11 is 0. The van der Waals surface area contributed by atoms with Crippen molar-refractivity contribution in [3.05, 3.63) is 59.5 Å². The van der Waals surface area contributed by atoms with Crippen molar-refractivity contribution in [1.29, 1.82) is 0 Å². The van der Waals surface area contributed by atoms with Crippen molar-refractivity contribution in [2.45, 2.75) is 37.8 Å². The number of benzene rings is 1. The molecule has 2 aliphatic heterocycles. The standard InChI is InChI=1S/C25H30N4O3/c1-3-5-22(31)29-15-25(16-29)14-28(12-17-6-4-9-26-11-17)21(13-30)24-23(25)19-8-7-18(32-2)10-20(19)27-24/h4,6-11,21,27,30H,3,5,12-16H2,1-2H3/t21-/m0/s1. The van der Waals surface area contributed by atoms with Crippen molar-refractivity contribution in [3.8, 4) is 5.75 Å². The molecule has 3 aromatic rings. The van der Waals surface area contributed by atoms with Crippen LogP contribution in [0.5, 0.6) is 5.75 Å². The molecule has 0 bridgehead atoms. The van der Waals surface area contributed by atoms with Gasteiger partial charge in [-0.25, -0.2) is 0 Å². The quantitative estimate of drug-likeness (QED) is 0.623. The van der Waals surface area contributed by atoms with E-state index in [1.807, 2.05) is 36.2 Å². The third-order valence-electron chi connectivity index (χ3n) is 6.93. The summed E-state index contributed by atoms with van der Waals surface area (Å²) in [6, 6.07) is 9.97. The molecule has 0 saturated carbocycles. The van der Waals surface area contributed by atoms with Crippen molar-refractivity contribution in [2.75, 3.05) is 33.4 Å². The molecule has 5 rings (SSSR count). The maximum atomic E-state index is 12.6. The molecular weight excluding hydrogens is 404 g/mol. The number of nitrogens with zero attached hydrogens (tertiary/aromatic N) is 3. The van der Waals surface area contributed by atoms with E-state index in [9.17, 15) is 9.90 Å². The van der Waals surface area contributed by atoms with E-state index in [1.54, 1.807) is 13.3 Å². The number of aliphatic hydroxyl groups excluding tert-OH is 1. The number of aromatic amines is 1. The summed E-state index contributed by atoms with van der Waals surface area (Å²) in [6.45, 7) is 4.96. The van der Waals surface area contributed by atoms with E-state index in [0.717, 1.165) is 40.9 Å². The molecule has 4 heterocycles. The first-order chi connectivity index (χ1) is 15.6. The first kappa shape index (κ1) is 21.0. The summed E-state index contributed by atoms with van der Waals surface area (Å²) in [7, 11) is 1.67. The van der Waals surface area contributed by atoms with Crippen LogP contribution < -0.4 is 4.74 Å². The number of aromatic nitrogens is 2. The van der Waals surface area contributed by atoms with E-state index in [1.165, 1.54) is 5.56 Å². The fraction of sp³-hybridized carbons (Fsp3) is 0.440. The van der Waals surface area contributed by atoms with Crippen LogP contribution in [-0.4, -0.2) is 64.1 Å². The number of nitrogens with one attached hydrogen (secondary N) is 1. The summed E-state index contributed by atoms with van der Waals surface area (Å²) in [5, 5.41) is 11.6. The van der Waals surface area contributed by atoms with Crippen molar-refractivity contribution in [2.24, 2.45) is 0 Å². The Morgan fingerprint density at radius 3 is 2.84 bits per heavy atom. The number of rotatable bonds is 6. The molecule has 2 aromatic heterocycles. The van der Waals surface area contributed by atoms with E-state index in [0.29, 0.717) is 26.1 Å². The number of H-pyrrole nitrogens is 1. The van der Waals surface area contributed by atoms with Crippen LogP contribution in [0.1, 0.15) is 42.6 Å². The van der Waals surface area contributed by atoms with Gasteiger partial charge in [-0.2, -0.15) is 0 Å². The second-order valence-corrected chi connectivity index (χ2v) is 9.07. The van der Waals surface area contributed by atoms with Gasteiger partial charge in [-0.15, -0.1) is 0 Å². The van der Waals surface area contributed by atoms with Gasteiger partial charge >= 0.3 is 0 Å². The lowest BCUT2D eigenvalue weighted by atomic mass is 9.68. The SMILES string of the molecule is CCCC(=O)N1CC2(C1)CN(Cc1cccnc1)[C@@H](CO)c1[nH]c3cc(OC)ccc3c12. The Balaban J connectivity index is 1.58. The zero-order valence-corrected chi connectivity index (χ0v) is 18.7. The average Bonchev–Trinajstić information content (AvgIpc) is 3.16. The molecule has 1 amide bonds. The van der Waals surface area contributed by atoms with Crippen LogP contribution in [0.15, 0.2) is 42.7 Å². The minimum absolute atomic E-state index is 0.0196. The second-order valence-electron chi connectivity index (χ2n) is 9.07. The summed E-state index contributed by atoms with van der Waals surface area (Å²) in [4.78, 5) is 24.8. The van der Waals surface area contributed by atoms with Gasteiger partial charge in [0.2, 0.25) is 5.91 Å². The molecule has 7 nitrogen and oxygen atoms in total. The molecule has 1 saturated heterocycles. The summed E-state index contributed by atoms with van der Waals surface area (Å²) in [5.41, 5.74) is 4.26. The van der Waals surface area contributed by atoms with Gasteiger partial charge in [0.25, 0.3) is 0 Å². The van der Waals surface area contributed by atoms with Crippen molar-refractivity contribution in [3.63, 3.8) is 0 Å². The number of ether oxygens (including phenoxy) is 1. The Morgan fingerprint density at radius 2 is 2.16 bits per heavy atom. The number of hydrogen-bond donors (Lipinski definition) is 2. The summed E-state index contributed by atoms with van der Waals surface area (Å²) in [5.74, 6) is 1.02. The van der Waals surface area contributed by atoms with Gasteiger partial charge in [0.1, 0.15) is 5.75 Å². The van der Waals surface area contributed by atoms with Crippen LogP contribution in [0.25, 0.3) is 10.9 Å². The second kappa shape index (κ2) is 8.22. The van der Waals surface area contributed by atoms with E-state index in [2.05, 4.69) is 27.0 Å². The van der Waals surface area contributed by atoms with Crippen LogP contribution in [-0.2, 0) is 16.8 Å². The highest BCUT2D eigenvalue weighted by Gasteiger charge is 2.53. The molecule has 0 radical (unpaired) electrons. The summed E-state index contributed by atoms with van der Waals surface area (Å²) in [6.07, 6.45) is 5.11. The van der Waals surface area contributed by atoms with E-state index in [-0.39, 0.29) is 24.0 Å². The van der Waals surface area contributed by atoms with Crippen molar-refractivity contribution in [1.82, 2.24) is 19.8 Å². The lowest BCUT2D eigenvalue weighted by Crippen LogP contribution is -2.67. The molecule has 1 spiro atoms. The van der Waals surface area contributed by atoms with Gasteiger partial charge in [0.05, 0.1) is 19.8 Å². The number of hydrogen-bond acceptors (Lipinski definition) is 5. The van der Waals surface area contributed by atoms with Gasteiger partial charge in [0, 0.05) is 73.1 Å². The van der Waals surface area contributed by atoms with E-state index in [4.69, 9.17) is 4.74 Å². The Kier molecular flexibility index (Phi) is 5.39. The van der Waals surface area contributed by atoms with Crippen molar-refractivity contribution < 1.29 is 14.6 Å². The Labute approximate surface area is 188 Å². The fourth-order valence-corrected chi connectivity index (χ4v) is 5.50. The minimum Gasteiger partial charge on any atom is -0.497 e. The Bertz CT molecular complexity index is 1120. The largest absolute Gasteiger partial charge is 0.497 e. The molecule has 1 fully saturated rings. The zero-order valence-electron chi connectivity index (χ0n) is 18.7. The van der Waals surface area contributed by atoms with Gasteiger partial charge in [-0.05, 0) is 35.7 Å². The van der Waals surface area contributed by atoms with Gasteiger partial charge in [0.15, 0.2) is 0 Å². The van der Waals surface area contributed by atoms with Gasteiger partial charge < -0.3 is 19.7 Å². The molecule has 2 N–H and O–H groups in total. The zero-order chi connectivity index (χ0) is 22.3. The van der Waals surface area contributed by atoms with Crippen LogP contribution in [0.4, 0.5) is 0 Å². The molecule has 1 aromatic carbocycles. The Morgan fingerprint density at radius 1 is 1.31 bits per heavy atom. The Hall–Kier alpha value is -2.90. The van der Waals surface area contributed by atoms with Gasteiger partial charge in [-0.3, -0.25) is 14.7 Å². The molecule has 32 heavy (non-hydrogen) atoms. The highest BCUT2D eigenvalue weighted by atomic mass is 16.5. The molecular formula is C25H30N4O3. The van der Waals surface area contributed by atoms with E-state index >= 15 is 0 Å². The molecule has 0 aliphatic carbocycles.